The Balaban J connectivity index is 2.48. The molecule has 0 radical (unpaired) electrons. The van der Waals surface area contributed by atoms with Crippen LogP contribution in [0.25, 0.3) is 0 Å². The van der Waals surface area contributed by atoms with E-state index in [1.54, 1.807) is 0 Å². The number of nitrogens with one attached hydrogen (secondary N) is 1. The summed E-state index contributed by atoms with van der Waals surface area (Å²) in [7, 11) is 1.84. The van der Waals surface area contributed by atoms with Crippen molar-refractivity contribution in [2.75, 3.05) is 33.3 Å². The first-order valence-electron chi connectivity index (χ1n) is 7.46. The minimum atomic E-state index is 0.315. The van der Waals surface area contributed by atoms with E-state index in [0.29, 0.717) is 17.6 Å². The quantitative estimate of drug-likeness (QED) is 0.790. The second kappa shape index (κ2) is 7.46. The number of piperidine rings is 1. The normalized spacial score (nSPS) is 24.2. The average Bonchev–Trinajstić information content (AvgIpc) is 2.33. The third-order valence-electron chi connectivity index (χ3n) is 3.92. The molecule has 0 saturated carbocycles. The molecule has 18 heavy (non-hydrogen) atoms. The fraction of sp³-hybridized carbons (Fsp3) is 1.00. The Morgan fingerprint density at radius 1 is 1.39 bits per heavy atom. The predicted octanol–water partition coefficient (Wildman–Crippen LogP) is 2.51. The van der Waals surface area contributed by atoms with Crippen molar-refractivity contribution >= 4 is 0 Å². The molecule has 1 N–H and O–H groups in total. The van der Waals surface area contributed by atoms with Crippen LogP contribution in [0.4, 0.5) is 0 Å². The zero-order valence-corrected chi connectivity index (χ0v) is 13.0. The Labute approximate surface area is 113 Å². The summed E-state index contributed by atoms with van der Waals surface area (Å²) in [5.41, 5.74) is 0.315. The van der Waals surface area contributed by atoms with E-state index in [9.17, 15) is 0 Å². The summed E-state index contributed by atoms with van der Waals surface area (Å²) in [5, 5.41) is 3.71. The van der Waals surface area contributed by atoms with E-state index in [-0.39, 0.29) is 0 Å². The predicted molar refractivity (Wildman–Crippen MR) is 78.0 cm³/mol. The van der Waals surface area contributed by atoms with Crippen LogP contribution in [0.3, 0.4) is 0 Å². The topological polar surface area (TPSA) is 24.5 Å². The highest BCUT2D eigenvalue weighted by Gasteiger charge is 2.28. The molecule has 0 spiro atoms. The van der Waals surface area contributed by atoms with E-state index < -0.39 is 0 Å². The molecule has 1 saturated heterocycles. The summed E-state index contributed by atoms with van der Waals surface area (Å²) in [6.45, 7) is 13.8. The van der Waals surface area contributed by atoms with E-state index >= 15 is 0 Å². The van der Waals surface area contributed by atoms with Crippen LogP contribution >= 0.6 is 0 Å². The van der Waals surface area contributed by atoms with Gasteiger partial charge in [0.25, 0.3) is 0 Å². The highest BCUT2D eigenvalue weighted by atomic mass is 16.5. The van der Waals surface area contributed by atoms with Gasteiger partial charge in [-0.1, -0.05) is 27.7 Å². The lowest BCUT2D eigenvalue weighted by Gasteiger charge is -2.39. The van der Waals surface area contributed by atoms with Crippen molar-refractivity contribution in [2.24, 2.45) is 5.41 Å². The monoisotopic (exact) mass is 256 g/mol. The molecule has 1 rings (SSSR count). The largest absolute Gasteiger partial charge is 0.380 e. The average molecular weight is 256 g/mol. The van der Waals surface area contributed by atoms with Crippen molar-refractivity contribution in [2.45, 2.75) is 59.1 Å². The molecule has 0 aromatic heterocycles. The van der Waals surface area contributed by atoms with E-state index in [2.05, 4.69) is 37.9 Å². The molecule has 0 amide bonds. The van der Waals surface area contributed by atoms with Gasteiger partial charge in [-0.15, -0.1) is 0 Å². The van der Waals surface area contributed by atoms with Crippen molar-refractivity contribution in [3.8, 4) is 0 Å². The molecule has 1 aliphatic rings. The lowest BCUT2D eigenvalue weighted by atomic mass is 9.86. The number of hydrogen-bond acceptors (Lipinski definition) is 3. The number of methoxy groups -OCH3 is 1. The van der Waals surface area contributed by atoms with Crippen molar-refractivity contribution in [3.63, 3.8) is 0 Å². The Hall–Kier alpha value is -0.120. The number of nitrogens with zero attached hydrogens (tertiary/aromatic N) is 1. The van der Waals surface area contributed by atoms with Crippen LogP contribution in [0.15, 0.2) is 0 Å². The second-order valence-corrected chi connectivity index (χ2v) is 6.63. The summed E-state index contributed by atoms with van der Waals surface area (Å²) in [5.74, 6) is 0. The van der Waals surface area contributed by atoms with E-state index in [1.807, 2.05) is 7.11 Å². The molecule has 2 atom stereocenters. The summed E-state index contributed by atoms with van der Waals surface area (Å²) >= 11 is 0. The Bertz CT molecular complexity index is 225. The van der Waals surface area contributed by atoms with Crippen LogP contribution in [0.1, 0.15) is 47.0 Å². The van der Waals surface area contributed by atoms with Crippen LogP contribution in [0, 0.1) is 5.41 Å². The first-order chi connectivity index (χ1) is 8.47. The molecule has 0 aromatic rings. The molecule has 2 unspecified atom stereocenters. The number of likely N-dealkylation sites (tertiary alicyclic amines) is 1. The Morgan fingerprint density at radius 3 is 2.67 bits per heavy atom. The fourth-order valence-electron chi connectivity index (χ4n) is 2.59. The highest BCUT2D eigenvalue weighted by Crippen LogP contribution is 2.22. The minimum absolute atomic E-state index is 0.315. The van der Waals surface area contributed by atoms with Gasteiger partial charge in [0.05, 0.1) is 6.10 Å². The highest BCUT2D eigenvalue weighted by molar-refractivity contribution is 4.85. The maximum atomic E-state index is 5.51. The SMILES string of the molecule is CCCNC(CN1CCCC(OC)C1)C(C)(C)C. The molecule has 0 aromatic carbocycles. The van der Waals surface area contributed by atoms with Gasteiger partial charge in [0.15, 0.2) is 0 Å². The van der Waals surface area contributed by atoms with Gasteiger partial charge in [-0.05, 0) is 37.8 Å². The van der Waals surface area contributed by atoms with Gasteiger partial charge in [-0.2, -0.15) is 0 Å². The maximum absolute atomic E-state index is 5.51. The summed E-state index contributed by atoms with van der Waals surface area (Å²) in [4.78, 5) is 2.57. The molecule has 3 heteroatoms. The van der Waals surface area contributed by atoms with E-state index in [1.165, 1.54) is 25.8 Å². The van der Waals surface area contributed by atoms with Gasteiger partial charge >= 0.3 is 0 Å². The Morgan fingerprint density at radius 2 is 2.11 bits per heavy atom. The summed E-state index contributed by atoms with van der Waals surface area (Å²) in [6.07, 6.45) is 4.12. The molecule has 3 nitrogen and oxygen atoms in total. The van der Waals surface area contributed by atoms with Crippen molar-refractivity contribution in [3.05, 3.63) is 0 Å². The first-order valence-corrected chi connectivity index (χ1v) is 7.46. The maximum Gasteiger partial charge on any atom is 0.0698 e. The standard InChI is InChI=1S/C15H32N2O/c1-6-9-16-14(15(2,3)4)12-17-10-7-8-13(11-17)18-5/h13-14,16H,6-12H2,1-5H3. The van der Waals surface area contributed by atoms with Gasteiger partial charge in [-0.3, -0.25) is 4.90 Å². The van der Waals surface area contributed by atoms with Crippen LogP contribution in [0.5, 0.6) is 0 Å². The van der Waals surface area contributed by atoms with E-state index in [4.69, 9.17) is 4.74 Å². The van der Waals surface area contributed by atoms with Crippen LogP contribution in [-0.2, 0) is 4.74 Å². The number of ether oxygens (including phenoxy) is 1. The molecule has 1 heterocycles. The zero-order chi connectivity index (χ0) is 13.6. The molecule has 1 fully saturated rings. The number of rotatable bonds is 6. The lowest BCUT2D eigenvalue weighted by molar-refractivity contribution is 0.0225. The summed E-state index contributed by atoms with van der Waals surface area (Å²) < 4.78 is 5.51. The zero-order valence-electron chi connectivity index (χ0n) is 13.0. The van der Waals surface area contributed by atoms with Crippen LogP contribution in [0.2, 0.25) is 0 Å². The van der Waals surface area contributed by atoms with Gasteiger partial charge in [0, 0.05) is 26.2 Å². The molecular formula is C15H32N2O. The summed E-state index contributed by atoms with van der Waals surface area (Å²) in [6, 6.07) is 0.563. The molecule has 1 aliphatic heterocycles. The third-order valence-corrected chi connectivity index (χ3v) is 3.92. The van der Waals surface area contributed by atoms with Crippen molar-refractivity contribution < 1.29 is 4.74 Å². The number of hydrogen-bond donors (Lipinski definition) is 1. The van der Waals surface area contributed by atoms with Crippen molar-refractivity contribution in [1.29, 1.82) is 0 Å². The molecule has 0 aliphatic carbocycles. The molecular weight excluding hydrogens is 224 g/mol. The third kappa shape index (κ3) is 5.25. The van der Waals surface area contributed by atoms with Crippen LogP contribution in [-0.4, -0.2) is 50.3 Å². The van der Waals surface area contributed by atoms with Gasteiger partial charge < -0.3 is 10.1 Å². The van der Waals surface area contributed by atoms with Gasteiger partial charge in [0.1, 0.15) is 0 Å². The fourth-order valence-corrected chi connectivity index (χ4v) is 2.59. The second-order valence-electron chi connectivity index (χ2n) is 6.63. The lowest BCUT2D eigenvalue weighted by Crippen LogP contribution is -2.51. The van der Waals surface area contributed by atoms with Crippen molar-refractivity contribution in [1.82, 2.24) is 10.2 Å². The minimum Gasteiger partial charge on any atom is -0.380 e. The smallest absolute Gasteiger partial charge is 0.0698 e. The van der Waals surface area contributed by atoms with Gasteiger partial charge in [0.2, 0.25) is 0 Å². The van der Waals surface area contributed by atoms with Gasteiger partial charge in [-0.25, -0.2) is 0 Å². The first kappa shape index (κ1) is 15.9. The Kier molecular flexibility index (Phi) is 6.61. The van der Waals surface area contributed by atoms with E-state index in [0.717, 1.165) is 19.6 Å². The molecule has 0 bridgehead atoms. The van der Waals surface area contributed by atoms with Crippen LogP contribution < -0.4 is 5.32 Å². The molecule has 108 valence electrons.